The average Bonchev–Trinajstić information content (AvgIpc) is 2.28. The van der Waals surface area contributed by atoms with Gasteiger partial charge in [-0.2, -0.15) is 0 Å². The van der Waals surface area contributed by atoms with Crippen molar-refractivity contribution < 1.29 is 9.13 Å². The summed E-state index contributed by atoms with van der Waals surface area (Å²) in [5, 5.41) is 3.21. The summed E-state index contributed by atoms with van der Waals surface area (Å²) in [4.78, 5) is 0. The van der Waals surface area contributed by atoms with Gasteiger partial charge in [-0.1, -0.05) is 15.9 Å². The number of nitrogens with one attached hydrogen (secondary N) is 1. The van der Waals surface area contributed by atoms with E-state index in [2.05, 4.69) is 21.2 Å². The molecule has 0 fully saturated rings. The standard InChI is InChI=1S/C12H17BrFNO/c1-15-11(5-6-16-2)8-9-7-10(14)3-4-12(9)13/h3-4,7,11,15H,5-6,8H2,1-2H3. The molecule has 0 bridgehead atoms. The van der Waals surface area contributed by atoms with Crippen molar-refractivity contribution in [2.24, 2.45) is 0 Å². The third-order valence-electron chi connectivity index (χ3n) is 2.55. The Morgan fingerprint density at radius 3 is 2.88 bits per heavy atom. The van der Waals surface area contributed by atoms with Crippen molar-refractivity contribution in [2.75, 3.05) is 20.8 Å². The fraction of sp³-hybridized carbons (Fsp3) is 0.500. The summed E-state index contributed by atoms with van der Waals surface area (Å²) in [6.45, 7) is 0.707. The molecular weight excluding hydrogens is 273 g/mol. The van der Waals surface area contributed by atoms with E-state index in [0.717, 1.165) is 22.9 Å². The lowest BCUT2D eigenvalue weighted by Crippen LogP contribution is -2.29. The molecule has 1 aromatic rings. The van der Waals surface area contributed by atoms with Gasteiger partial charge in [-0.05, 0) is 43.7 Å². The Kier molecular flexibility index (Phi) is 5.95. The molecule has 1 unspecified atom stereocenters. The number of methoxy groups -OCH3 is 1. The summed E-state index contributed by atoms with van der Waals surface area (Å²) < 4.78 is 19.1. The summed E-state index contributed by atoms with van der Waals surface area (Å²) in [5.41, 5.74) is 0.982. The summed E-state index contributed by atoms with van der Waals surface area (Å²) >= 11 is 3.43. The molecular formula is C12H17BrFNO. The Balaban J connectivity index is 2.65. The van der Waals surface area contributed by atoms with Crippen LogP contribution in [0.4, 0.5) is 4.39 Å². The van der Waals surface area contributed by atoms with Crippen molar-refractivity contribution in [2.45, 2.75) is 18.9 Å². The Morgan fingerprint density at radius 2 is 2.25 bits per heavy atom. The van der Waals surface area contributed by atoms with Crippen molar-refractivity contribution in [1.29, 1.82) is 0 Å². The van der Waals surface area contributed by atoms with Crippen molar-refractivity contribution >= 4 is 15.9 Å². The largest absolute Gasteiger partial charge is 0.385 e. The van der Waals surface area contributed by atoms with Crippen LogP contribution < -0.4 is 5.32 Å². The van der Waals surface area contributed by atoms with E-state index in [1.807, 2.05) is 7.05 Å². The molecule has 0 aliphatic carbocycles. The topological polar surface area (TPSA) is 21.3 Å². The zero-order chi connectivity index (χ0) is 12.0. The summed E-state index contributed by atoms with van der Waals surface area (Å²) in [5.74, 6) is -0.195. The van der Waals surface area contributed by atoms with Crippen LogP contribution in [0.25, 0.3) is 0 Å². The average molecular weight is 290 g/mol. The molecule has 2 nitrogen and oxygen atoms in total. The van der Waals surface area contributed by atoms with Crippen molar-refractivity contribution in [3.8, 4) is 0 Å². The Labute approximate surface area is 104 Å². The minimum absolute atomic E-state index is 0.195. The molecule has 1 aromatic carbocycles. The van der Waals surface area contributed by atoms with Crippen LogP contribution in [-0.4, -0.2) is 26.8 Å². The summed E-state index contributed by atoms with van der Waals surface area (Å²) in [6, 6.07) is 5.07. The third kappa shape index (κ3) is 4.20. The molecule has 1 rings (SSSR count). The monoisotopic (exact) mass is 289 g/mol. The van der Waals surface area contributed by atoms with Gasteiger partial charge < -0.3 is 10.1 Å². The maximum Gasteiger partial charge on any atom is 0.123 e. The predicted octanol–water partition coefficient (Wildman–Crippen LogP) is 2.76. The van der Waals surface area contributed by atoms with Crippen LogP contribution in [0.15, 0.2) is 22.7 Å². The third-order valence-corrected chi connectivity index (χ3v) is 3.33. The van der Waals surface area contributed by atoms with E-state index < -0.39 is 0 Å². The van der Waals surface area contributed by atoms with E-state index in [4.69, 9.17) is 4.74 Å². The Morgan fingerprint density at radius 1 is 1.50 bits per heavy atom. The second-order valence-corrected chi connectivity index (χ2v) is 4.56. The Hall–Kier alpha value is -0.450. The first-order valence-corrected chi connectivity index (χ1v) is 6.06. The first kappa shape index (κ1) is 13.6. The molecule has 90 valence electrons. The Bertz CT molecular complexity index is 333. The fourth-order valence-corrected chi connectivity index (χ4v) is 1.98. The van der Waals surface area contributed by atoms with Crippen molar-refractivity contribution in [1.82, 2.24) is 5.32 Å². The minimum atomic E-state index is -0.195. The van der Waals surface area contributed by atoms with E-state index in [1.54, 1.807) is 19.2 Å². The molecule has 0 spiro atoms. The maximum atomic E-state index is 13.1. The molecule has 0 radical (unpaired) electrons. The highest BCUT2D eigenvalue weighted by molar-refractivity contribution is 9.10. The molecule has 0 heterocycles. The van der Waals surface area contributed by atoms with Crippen LogP contribution in [0.1, 0.15) is 12.0 Å². The summed E-state index contributed by atoms with van der Waals surface area (Å²) in [7, 11) is 3.60. The molecule has 4 heteroatoms. The molecule has 0 aliphatic heterocycles. The summed E-state index contributed by atoms with van der Waals surface area (Å²) in [6.07, 6.45) is 1.70. The van der Waals surface area contributed by atoms with Gasteiger partial charge in [-0.15, -0.1) is 0 Å². The number of benzene rings is 1. The highest BCUT2D eigenvalue weighted by atomic mass is 79.9. The number of ether oxygens (including phenoxy) is 1. The molecule has 0 aliphatic rings. The minimum Gasteiger partial charge on any atom is -0.385 e. The zero-order valence-electron chi connectivity index (χ0n) is 9.59. The number of hydrogen-bond acceptors (Lipinski definition) is 2. The first-order chi connectivity index (χ1) is 7.67. The van der Waals surface area contributed by atoms with E-state index in [0.29, 0.717) is 12.6 Å². The molecule has 16 heavy (non-hydrogen) atoms. The lowest BCUT2D eigenvalue weighted by atomic mass is 10.0. The van der Waals surface area contributed by atoms with Gasteiger partial charge in [-0.25, -0.2) is 4.39 Å². The van der Waals surface area contributed by atoms with E-state index >= 15 is 0 Å². The van der Waals surface area contributed by atoms with E-state index in [-0.39, 0.29) is 5.82 Å². The van der Waals surface area contributed by atoms with Crippen molar-refractivity contribution in [3.63, 3.8) is 0 Å². The molecule has 0 saturated carbocycles. The van der Waals surface area contributed by atoms with Gasteiger partial charge >= 0.3 is 0 Å². The molecule has 1 N–H and O–H groups in total. The number of hydrogen-bond donors (Lipinski definition) is 1. The van der Waals surface area contributed by atoms with E-state index in [1.165, 1.54) is 6.07 Å². The normalized spacial score (nSPS) is 12.8. The SMILES string of the molecule is CNC(CCOC)Cc1cc(F)ccc1Br. The molecule has 1 atom stereocenters. The van der Waals surface area contributed by atoms with Crippen molar-refractivity contribution in [3.05, 3.63) is 34.1 Å². The highest BCUT2D eigenvalue weighted by Crippen LogP contribution is 2.20. The second kappa shape index (κ2) is 6.99. The maximum absolute atomic E-state index is 13.1. The van der Waals surface area contributed by atoms with Crippen LogP contribution in [0.2, 0.25) is 0 Å². The van der Waals surface area contributed by atoms with Gasteiger partial charge in [0, 0.05) is 24.2 Å². The van der Waals surface area contributed by atoms with Gasteiger partial charge in [0.25, 0.3) is 0 Å². The van der Waals surface area contributed by atoms with Gasteiger partial charge in [-0.3, -0.25) is 0 Å². The van der Waals surface area contributed by atoms with Gasteiger partial charge in [0.15, 0.2) is 0 Å². The first-order valence-electron chi connectivity index (χ1n) is 5.27. The lowest BCUT2D eigenvalue weighted by molar-refractivity contribution is 0.184. The zero-order valence-corrected chi connectivity index (χ0v) is 11.2. The molecule has 0 aromatic heterocycles. The predicted molar refractivity (Wildman–Crippen MR) is 67.1 cm³/mol. The number of halogens is 2. The van der Waals surface area contributed by atoms with Crippen LogP contribution in [0, 0.1) is 5.82 Å². The second-order valence-electron chi connectivity index (χ2n) is 3.71. The smallest absolute Gasteiger partial charge is 0.123 e. The number of likely N-dealkylation sites (N-methyl/N-ethyl adjacent to an activating group) is 1. The van der Waals surface area contributed by atoms with E-state index in [9.17, 15) is 4.39 Å². The number of rotatable bonds is 6. The fourth-order valence-electron chi connectivity index (χ4n) is 1.57. The quantitative estimate of drug-likeness (QED) is 0.870. The van der Waals surface area contributed by atoms with Crippen LogP contribution in [-0.2, 0) is 11.2 Å². The van der Waals surface area contributed by atoms with Gasteiger partial charge in [0.1, 0.15) is 5.82 Å². The van der Waals surface area contributed by atoms with Gasteiger partial charge in [0.2, 0.25) is 0 Å². The van der Waals surface area contributed by atoms with Crippen LogP contribution in [0.3, 0.4) is 0 Å². The highest BCUT2D eigenvalue weighted by Gasteiger charge is 2.10. The van der Waals surface area contributed by atoms with Crippen LogP contribution >= 0.6 is 15.9 Å². The molecule has 0 amide bonds. The lowest BCUT2D eigenvalue weighted by Gasteiger charge is -2.16. The van der Waals surface area contributed by atoms with Crippen LogP contribution in [0.5, 0.6) is 0 Å². The van der Waals surface area contributed by atoms with Gasteiger partial charge in [0.05, 0.1) is 0 Å². The molecule has 0 saturated heterocycles.